The van der Waals surface area contributed by atoms with Gasteiger partial charge in [-0.05, 0) is 48.9 Å². The van der Waals surface area contributed by atoms with Crippen molar-refractivity contribution in [3.63, 3.8) is 0 Å². The number of hydrogen-bond acceptors (Lipinski definition) is 3. The van der Waals surface area contributed by atoms with Gasteiger partial charge in [0.15, 0.2) is 0 Å². The fourth-order valence-corrected chi connectivity index (χ4v) is 2.23. The number of hydrogen-bond donors (Lipinski definition) is 1. The van der Waals surface area contributed by atoms with E-state index in [2.05, 4.69) is 26.0 Å². The zero-order valence-corrected chi connectivity index (χ0v) is 13.2. The highest BCUT2D eigenvalue weighted by Crippen LogP contribution is 2.20. The van der Waals surface area contributed by atoms with Crippen molar-refractivity contribution in [2.24, 2.45) is 0 Å². The number of halogens is 1. The second-order valence-electron chi connectivity index (χ2n) is 4.44. The minimum absolute atomic E-state index is 0.195. The molecule has 0 heterocycles. The first kappa shape index (κ1) is 15.3. The molecule has 2 aromatic carbocycles. The van der Waals surface area contributed by atoms with Crippen LogP contribution in [0.2, 0.25) is 0 Å². The van der Waals surface area contributed by atoms with Gasteiger partial charge < -0.3 is 10.1 Å². The Hall–Kier alpha value is -2.14. The Kier molecular flexibility index (Phi) is 4.75. The molecule has 0 unspecified atom stereocenters. The van der Waals surface area contributed by atoms with E-state index in [-0.39, 0.29) is 5.91 Å². The van der Waals surface area contributed by atoms with Crippen LogP contribution in [0.25, 0.3) is 0 Å². The molecule has 0 aliphatic carbocycles. The number of nitrogens with one attached hydrogen (secondary N) is 1. The van der Waals surface area contributed by atoms with Crippen molar-refractivity contribution < 1.29 is 14.3 Å². The van der Waals surface area contributed by atoms with Crippen molar-refractivity contribution in [1.29, 1.82) is 0 Å². The molecule has 4 nitrogen and oxygen atoms in total. The maximum absolute atomic E-state index is 12.2. The first-order chi connectivity index (χ1) is 10.0. The average Bonchev–Trinajstić information content (AvgIpc) is 2.50. The molecule has 0 saturated carbocycles. The van der Waals surface area contributed by atoms with Crippen molar-refractivity contribution in [3.05, 3.63) is 63.6 Å². The van der Waals surface area contributed by atoms with E-state index in [0.717, 1.165) is 10.0 Å². The summed E-state index contributed by atoms with van der Waals surface area (Å²) in [7, 11) is 1.33. The summed E-state index contributed by atoms with van der Waals surface area (Å²) >= 11 is 3.40. The van der Waals surface area contributed by atoms with Crippen molar-refractivity contribution in [3.8, 4) is 0 Å². The number of anilines is 1. The summed E-state index contributed by atoms with van der Waals surface area (Å²) in [4.78, 5) is 23.6. The molecule has 0 aliphatic rings. The average molecular weight is 348 g/mol. The molecule has 0 bridgehead atoms. The van der Waals surface area contributed by atoms with Gasteiger partial charge in [0.2, 0.25) is 0 Å². The van der Waals surface area contributed by atoms with E-state index in [9.17, 15) is 9.59 Å². The molecule has 1 N–H and O–H groups in total. The van der Waals surface area contributed by atoms with Crippen LogP contribution in [0.3, 0.4) is 0 Å². The third-order valence-electron chi connectivity index (χ3n) is 3.08. The number of rotatable bonds is 3. The number of esters is 1. The SMILES string of the molecule is COC(=O)c1ccc(NC(=O)c2cccc(Br)c2C)cc1. The normalized spacial score (nSPS) is 10.0. The maximum atomic E-state index is 12.2. The van der Waals surface area contributed by atoms with Crippen LogP contribution in [0, 0.1) is 6.92 Å². The van der Waals surface area contributed by atoms with Crippen molar-refractivity contribution in [1.82, 2.24) is 0 Å². The van der Waals surface area contributed by atoms with Gasteiger partial charge in [0.1, 0.15) is 0 Å². The summed E-state index contributed by atoms with van der Waals surface area (Å²) in [5.41, 5.74) is 2.53. The fraction of sp³-hybridized carbons (Fsp3) is 0.125. The molecule has 0 atom stereocenters. The predicted octanol–water partition coefficient (Wildman–Crippen LogP) is 3.80. The monoisotopic (exact) mass is 347 g/mol. The van der Waals surface area contributed by atoms with Gasteiger partial charge >= 0.3 is 5.97 Å². The van der Waals surface area contributed by atoms with Crippen LogP contribution in [0.1, 0.15) is 26.3 Å². The first-order valence-corrected chi connectivity index (χ1v) is 7.07. The topological polar surface area (TPSA) is 55.4 Å². The molecule has 2 rings (SSSR count). The van der Waals surface area contributed by atoms with E-state index in [1.165, 1.54) is 7.11 Å². The molecular formula is C16H14BrNO3. The zero-order valence-electron chi connectivity index (χ0n) is 11.6. The molecule has 2 aromatic rings. The lowest BCUT2D eigenvalue weighted by atomic mass is 10.1. The van der Waals surface area contributed by atoms with Crippen LogP contribution < -0.4 is 5.32 Å². The summed E-state index contributed by atoms with van der Waals surface area (Å²) in [6.45, 7) is 1.87. The van der Waals surface area contributed by atoms with Crippen LogP contribution in [0.15, 0.2) is 46.9 Å². The number of ether oxygens (including phenoxy) is 1. The first-order valence-electron chi connectivity index (χ1n) is 6.27. The van der Waals surface area contributed by atoms with Gasteiger partial charge in [-0.2, -0.15) is 0 Å². The third-order valence-corrected chi connectivity index (χ3v) is 3.94. The second-order valence-corrected chi connectivity index (χ2v) is 5.29. The molecule has 108 valence electrons. The Labute approximate surface area is 131 Å². The second kappa shape index (κ2) is 6.54. The highest BCUT2D eigenvalue weighted by molar-refractivity contribution is 9.10. The van der Waals surface area contributed by atoms with E-state index in [1.54, 1.807) is 30.3 Å². The van der Waals surface area contributed by atoms with Gasteiger partial charge in [0.25, 0.3) is 5.91 Å². The molecule has 0 fully saturated rings. The van der Waals surface area contributed by atoms with Crippen molar-refractivity contribution >= 4 is 33.5 Å². The Morgan fingerprint density at radius 2 is 1.76 bits per heavy atom. The third kappa shape index (κ3) is 3.49. The Balaban J connectivity index is 2.16. The standard InChI is InChI=1S/C16H14BrNO3/c1-10-13(4-3-5-14(10)17)15(19)18-12-8-6-11(7-9-12)16(20)21-2/h3-9H,1-2H3,(H,18,19). The van der Waals surface area contributed by atoms with E-state index in [1.807, 2.05) is 19.1 Å². The minimum Gasteiger partial charge on any atom is -0.465 e. The number of methoxy groups -OCH3 is 1. The summed E-state index contributed by atoms with van der Waals surface area (Å²) in [5, 5.41) is 2.80. The number of amides is 1. The van der Waals surface area contributed by atoms with Gasteiger partial charge in [-0.15, -0.1) is 0 Å². The van der Waals surface area contributed by atoms with Gasteiger partial charge in [0.05, 0.1) is 12.7 Å². The van der Waals surface area contributed by atoms with Crippen molar-refractivity contribution in [2.45, 2.75) is 6.92 Å². The zero-order chi connectivity index (χ0) is 15.4. The summed E-state index contributed by atoms with van der Waals surface area (Å²) < 4.78 is 5.51. The molecule has 0 saturated heterocycles. The summed E-state index contributed by atoms with van der Waals surface area (Å²) in [6, 6.07) is 12.0. The van der Waals surface area contributed by atoms with Crippen LogP contribution >= 0.6 is 15.9 Å². The molecule has 0 aliphatic heterocycles. The summed E-state index contributed by atoms with van der Waals surface area (Å²) in [6.07, 6.45) is 0. The molecule has 0 radical (unpaired) electrons. The quantitative estimate of drug-likeness (QED) is 0.859. The highest BCUT2D eigenvalue weighted by Gasteiger charge is 2.11. The van der Waals surface area contributed by atoms with Crippen molar-refractivity contribution in [2.75, 3.05) is 12.4 Å². The van der Waals surface area contributed by atoms with Gasteiger partial charge in [-0.1, -0.05) is 22.0 Å². The Bertz CT molecular complexity index is 680. The van der Waals surface area contributed by atoms with E-state index < -0.39 is 5.97 Å². The van der Waals surface area contributed by atoms with E-state index in [4.69, 9.17) is 0 Å². The Morgan fingerprint density at radius 3 is 2.38 bits per heavy atom. The molecule has 0 aromatic heterocycles. The van der Waals surface area contributed by atoms with Gasteiger partial charge in [0, 0.05) is 15.7 Å². The van der Waals surface area contributed by atoms with E-state index >= 15 is 0 Å². The predicted molar refractivity (Wildman–Crippen MR) is 84.6 cm³/mol. The van der Waals surface area contributed by atoms with Crippen LogP contribution in [-0.2, 0) is 4.74 Å². The molecular weight excluding hydrogens is 334 g/mol. The Morgan fingerprint density at radius 1 is 1.10 bits per heavy atom. The van der Waals surface area contributed by atoms with Crippen LogP contribution in [-0.4, -0.2) is 19.0 Å². The van der Waals surface area contributed by atoms with Gasteiger partial charge in [-0.3, -0.25) is 4.79 Å². The number of benzene rings is 2. The lowest BCUT2D eigenvalue weighted by molar-refractivity contribution is 0.0600. The lowest BCUT2D eigenvalue weighted by Gasteiger charge is -2.09. The maximum Gasteiger partial charge on any atom is 0.337 e. The lowest BCUT2D eigenvalue weighted by Crippen LogP contribution is -2.13. The molecule has 5 heteroatoms. The minimum atomic E-state index is -0.407. The molecule has 21 heavy (non-hydrogen) atoms. The molecule has 1 amide bonds. The number of carbonyl (C=O) groups is 2. The fourth-order valence-electron chi connectivity index (χ4n) is 1.86. The van der Waals surface area contributed by atoms with Crippen LogP contribution in [0.5, 0.6) is 0 Å². The van der Waals surface area contributed by atoms with Crippen LogP contribution in [0.4, 0.5) is 5.69 Å². The van der Waals surface area contributed by atoms with Gasteiger partial charge in [-0.25, -0.2) is 4.79 Å². The summed E-state index contributed by atoms with van der Waals surface area (Å²) in [5.74, 6) is -0.602. The highest BCUT2D eigenvalue weighted by atomic mass is 79.9. The molecule has 0 spiro atoms. The largest absolute Gasteiger partial charge is 0.465 e. The smallest absolute Gasteiger partial charge is 0.337 e. The number of carbonyl (C=O) groups excluding carboxylic acids is 2. The van der Waals surface area contributed by atoms with E-state index in [0.29, 0.717) is 16.8 Å².